The van der Waals surface area contributed by atoms with Gasteiger partial charge in [-0.15, -0.1) is 24.0 Å². The number of likely N-dealkylation sites (N-methyl/N-ethyl adjacent to an activating group) is 1. The van der Waals surface area contributed by atoms with Gasteiger partial charge in [-0.2, -0.15) is 0 Å². The van der Waals surface area contributed by atoms with Crippen LogP contribution in [0.15, 0.2) is 4.99 Å². The zero-order valence-corrected chi connectivity index (χ0v) is 15.5. The lowest BCUT2D eigenvalue weighted by Gasteiger charge is -2.20. The Labute approximate surface area is 136 Å². The molecule has 0 saturated heterocycles. The van der Waals surface area contributed by atoms with Crippen molar-refractivity contribution >= 4 is 29.9 Å². The normalized spacial score (nSPS) is 11.3. The van der Waals surface area contributed by atoms with Crippen LogP contribution in [0.25, 0.3) is 0 Å². The van der Waals surface area contributed by atoms with E-state index < -0.39 is 0 Å². The standard InChI is InChI=1S/C14H32N4.HI/c1-5-8-9-10-16-14(15-4)17-11-13-18(7-3)12-6-2;/h5-13H2,1-4H3,(H2,15,16,17);1H. The van der Waals surface area contributed by atoms with E-state index in [0.717, 1.165) is 32.1 Å². The molecule has 0 spiro atoms. The molecular weight excluding hydrogens is 351 g/mol. The number of guanidine groups is 1. The Morgan fingerprint density at radius 1 is 0.947 bits per heavy atom. The summed E-state index contributed by atoms with van der Waals surface area (Å²) in [6.45, 7) is 12.0. The van der Waals surface area contributed by atoms with Gasteiger partial charge in [-0.1, -0.05) is 33.6 Å². The van der Waals surface area contributed by atoms with Crippen LogP contribution in [-0.2, 0) is 0 Å². The summed E-state index contributed by atoms with van der Waals surface area (Å²) >= 11 is 0. The minimum Gasteiger partial charge on any atom is -0.356 e. The van der Waals surface area contributed by atoms with Gasteiger partial charge in [0.05, 0.1) is 0 Å². The van der Waals surface area contributed by atoms with Crippen molar-refractivity contribution in [3.05, 3.63) is 0 Å². The van der Waals surface area contributed by atoms with Crippen molar-refractivity contribution in [3.8, 4) is 0 Å². The number of rotatable bonds is 10. The van der Waals surface area contributed by atoms with Gasteiger partial charge in [0.1, 0.15) is 0 Å². The smallest absolute Gasteiger partial charge is 0.191 e. The first-order valence-corrected chi connectivity index (χ1v) is 7.45. The molecular formula is C14H33IN4. The van der Waals surface area contributed by atoms with Gasteiger partial charge in [0, 0.05) is 26.7 Å². The van der Waals surface area contributed by atoms with Crippen LogP contribution >= 0.6 is 24.0 Å². The molecule has 0 atom stereocenters. The molecule has 0 bridgehead atoms. The number of aliphatic imine (C=N–C) groups is 1. The summed E-state index contributed by atoms with van der Waals surface area (Å²) in [7, 11) is 1.83. The Kier molecular flexibility index (Phi) is 17.9. The van der Waals surface area contributed by atoms with E-state index in [1.165, 1.54) is 32.2 Å². The molecule has 0 aromatic rings. The second-order valence-electron chi connectivity index (χ2n) is 4.57. The maximum atomic E-state index is 4.23. The molecule has 0 aliphatic heterocycles. The number of halogens is 1. The molecule has 116 valence electrons. The van der Waals surface area contributed by atoms with Crippen molar-refractivity contribution in [1.29, 1.82) is 0 Å². The minimum absolute atomic E-state index is 0. The van der Waals surface area contributed by atoms with Crippen molar-refractivity contribution in [2.24, 2.45) is 4.99 Å². The van der Waals surface area contributed by atoms with Crippen LogP contribution in [0.4, 0.5) is 0 Å². The molecule has 0 fully saturated rings. The van der Waals surface area contributed by atoms with Gasteiger partial charge in [-0.25, -0.2) is 0 Å². The van der Waals surface area contributed by atoms with Crippen molar-refractivity contribution < 1.29 is 0 Å². The maximum Gasteiger partial charge on any atom is 0.191 e. The monoisotopic (exact) mass is 384 g/mol. The molecule has 0 amide bonds. The van der Waals surface area contributed by atoms with Crippen LogP contribution in [0.1, 0.15) is 46.5 Å². The summed E-state index contributed by atoms with van der Waals surface area (Å²) in [5.41, 5.74) is 0. The van der Waals surface area contributed by atoms with E-state index >= 15 is 0 Å². The van der Waals surface area contributed by atoms with Gasteiger partial charge in [-0.05, 0) is 25.9 Å². The molecule has 4 nitrogen and oxygen atoms in total. The maximum absolute atomic E-state index is 4.23. The molecule has 5 heteroatoms. The average Bonchev–Trinajstić information content (AvgIpc) is 2.40. The van der Waals surface area contributed by atoms with Gasteiger partial charge >= 0.3 is 0 Å². The highest BCUT2D eigenvalue weighted by Gasteiger charge is 2.01. The number of unbranched alkanes of at least 4 members (excludes halogenated alkanes) is 2. The van der Waals surface area contributed by atoms with Gasteiger partial charge in [0.2, 0.25) is 0 Å². The van der Waals surface area contributed by atoms with Crippen LogP contribution in [0, 0.1) is 0 Å². The van der Waals surface area contributed by atoms with Gasteiger partial charge in [-0.3, -0.25) is 4.99 Å². The Morgan fingerprint density at radius 3 is 2.16 bits per heavy atom. The molecule has 0 unspecified atom stereocenters. The van der Waals surface area contributed by atoms with Gasteiger partial charge < -0.3 is 15.5 Å². The molecule has 0 aliphatic rings. The fourth-order valence-corrected chi connectivity index (χ4v) is 1.88. The largest absolute Gasteiger partial charge is 0.356 e. The number of hydrogen-bond donors (Lipinski definition) is 2. The highest BCUT2D eigenvalue weighted by atomic mass is 127. The van der Waals surface area contributed by atoms with Crippen molar-refractivity contribution in [3.63, 3.8) is 0 Å². The predicted octanol–water partition coefficient (Wildman–Crippen LogP) is 2.69. The zero-order chi connectivity index (χ0) is 13.6. The Bertz CT molecular complexity index is 210. The molecule has 19 heavy (non-hydrogen) atoms. The lowest BCUT2D eigenvalue weighted by molar-refractivity contribution is 0.293. The Hall–Kier alpha value is -0.0400. The summed E-state index contributed by atoms with van der Waals surface area (Å²) < 4.78 is 0. The fraction of sp³-hybridized carbons (Fsp3) is 0.929. The van der Waals surface area contributed by atoms with E-state index in [-0.39, 0.29) is 24.0 Å². The molecule has 0 rings (SSSR count). The third kappa shape index (κ3) is 12.7. The average molecular weight is 384 g/mol. The highest BCUT2D eigenvalue weighted by Crippen LogP contribution is 1.91. The van der Waals surface area contributed by atoms with Gasteiger partial charge in [0.15, 0.2) is 5.96 Å². The molecule has 0 saturated carbocycles. The molecule has 0 aromatic carbocycles. The fourth-order valence-electron chi connectivity index (χ4n) is 1.88. The lowest BCUT2D eigenvalue weighted by Crippen LogP contribution is -2.42. The predicted molar refractivity (Wildman–Crippen MR) is 96.7 cm³/mol. The highest BCUT2D eigenvalue weighted by molar-refractivity contribution is 14.0. The lowest BCUT2D eigenvalue weighted by atomic mass is 10.2. The first-order valence-electron chi connectivity index (χ1n) is 7.45. The summed E-state index contributed by atoms with van der Waals surface area (Å²) in [4.78, 5) is 6.69. The SMILES string of the molecule is CCCCCNC(=NC)NCCN(CC)CCC.I. The van der Waals surface area contributed by atoms with Crippen molar-refractivity contribution in [1.82, 2.24) is 15.5 Å². The molecule has 0 aliphatic carbocycles. The molecule has 0 heterocycles. The van der Waals surface area contributed by atoms with Gasteiger partial charge in [0.25, 0.3) is 0 Å². The van der Waals surface area contributed by atoms with E-state index in [0.29, 0.717) is 0 Å². The van der Waals surface area contributed by atoms with Crippen LogP contribution < -0.4 is 10.6 Å². The minimum atomic E-state index is 0. The van der Waals surface area contributed by atoms with Crippen LogP contribution in [0.3, 0.4) is 0 Å². The number of nitrogens with one attached hydrogen (secondary N) is 2. The summed E-state index contributed by atoms with van der Waals surface area (Å²) in [6.07, 6.45) is 4.98. The third-order valence-corrected chi connectivity index (χ3v) is 3.00. The van der Waals surface area contributed by atoms with E-state index in [1.807, 2.05) is 7.05 Å². The third-order valence-electron chi connectivity index (χ3n) is 3.00. The van der Waals surface area contributed by atoms with E-state index in [9.17, 15) is 0 Å². The second kappa shape index (κ2) is 16.0. The Balaban J connectivity index is 0. The van der Waals surface area contributed by atoms with E-state index in [1.54, 1.807) is 0 Å². The summed E-state index contributed by atoms with van der Waals surface area (Å²) in [5, 5.41) is 6.72. The molecule has 0 aromatic heterocycles. The first kappa shape index (κ1) is 21.3. The summed E-state index contributed by atoms with van der Waals surface area (Å²) in [6, 6.07) is 0. The van der Waals surface area contributed by atoms with Crippen molar-refractivity contribution in [2.75, 3.05) is 39.8 Å². The number of hydrogen-bond acceptors (Lipinski definition) is 2. The summed E-state index contributed by atoms with van der Waals surface area (Å²) in [5.74, 6) is 0.929. The first-order chi connectivity index (χ1) is 8.78. The second-order valence-corrected chi connectivity index (χ2v) is 4.57. The molecule has 0 radical (unpaired) electrons. The van der Waals surface area contributed by atoms with Crippen LogP contribution in [0.5, 0.6) is 0 Å². The number of nitrogens with zero attached hydrogens (tertiary/aromatic N) is 2. The quantitative estimate of drug-likeness (QED) is 0.263. The Morgan fingerprint density at radius 2 is 1.63 bits per heavy atom. The topological polar surface area (TPSA) is 39.7 Å². The van der Waals surface area contributed by atoms with E-state index in [4.69, 9.17) is 0 Å². The van der Waals surface area contributed by atoms with Crippen LogP contribution in [0.2, 0.25) is 0 Å². The zero-order valence-electron chi connectivity index (χ0n) is 13.2. The van der Waals surface area contributed by atoms with E-state index in [2.05, 4.69) is 41.3 Å². The van der Waals surface area contributed by atoms with Crippen LogP contribution in [-0.4, -0.2) is 50.6 Å². The molecule has 2 N–H and O–H groups in total. The van der Waals surface area contributed by atoms with Crippen molar-refractivity contribution in [2.45, 2.75) is 46.5 Å².